The molecule has 1 aromatic carbocycles. The summed E-state index contributed by atoms with van der Waals surface area (Å²) >= 11 is 0. The van der Waals surface area contributed by atoms with Crippen LogP contribution in [0.2, 0.25) is 0 Å². The van der Waals surface area contributed by atoms with Crippen LogP contribution in [0.15, 0.2) is 40.9 Å². The molecule has 0 atom stereocenters. The summed E-state index contributed by atoms with van der Waals surface area (Å²) in [6.07, 6.45) is 1.64. The van der Waals surface area contributed by atoms with Crippen LogP contribution in [0, 0.1) is 0 Å². The number of nitrogens with one attached hydrogen (secondary N) is 1. The second kappa shape index (κ2) is 3.73. The average molecular weight is 199 g/mol. The Hall–Kier alpha value is -1.84. The molecule has 15 heavy (non-hydrogen) atoms. The van der Waals surface area contributed by atoms with Gasteiger partial charge in [-0.15, -0.1) is 0 Å². The Labute approximate surface area is 88.0 Å². The summed E-state index contributed by atoms with van der Waals surface area (Å²) in [7, 11) is 1.67. The fraction of sp³-hybridized carbons (Fsp3) is 0.0909. The van der Waals surface area contributed by atoms with E-state index in [0.29, 0.717) is 5.57 Å². The van der Waals surface area contributed by atoms with Gasteiger partial charge < -0.3 is 0 Å². The molecule has 0 fully saturated rings. The molecule has 0 aliphatic carbocycles. The Morgan fingerprint density at radius 1 is 1.53 bits per heavy atom. The molecule has 0 saturated heterocycles. The molecule has 0 spiro atoms. The molecule has 2 aromatic rings. The second-order valence-electron chi connectivity index (χ2n) is 3.45. The van der Waals surface area contributed by atoms with Crippen LogP contribution < -0.4 is 5.32 Å². The van der Waals surface area contributed by atoms with Gasteiger partial charge in [0.05, 0.1) is 0 Å². The normalized spacial score (nSPS) is 9.93. The third-order valence-electron chi connectivity index (χ3n) is 2.12. The van der Waals surface area contributed by atoms with E-state index in [0.717, 1.165) is 16.4 Å². The number of hydrogen-bond donors (Lipinski definition) is 1. The Morgan fingerprint density at radius 2 is 2.33 bits per heavy atom. The van der Waals surface area contributed by atoms with Gasteiger partial charge in [-0.3, -0.25) is 0 Å². The molecular formula is C11H10BNO2. The zero-order valence-corrected chi connectivity index (χ0v) is 8.41. The topological polar surface area (TPSA) is 42.2 Å². The van der Waals surface area contributed by atoms with E-state index in [9.17, 15) is 4.79 Å². The van der Waals surface area contributed by atoms with Crippen LogP contribution in [-0.2, 0) is 4.79 Å². The molecule has 0 aliphatic heterocycles. The standard InChI is InChI=1S/C11H10BNO2/c1-7(2)11(14)13-9-3-4-10-8(5-9)6-15-12-10/h3-6H,1H2,2H3,(H,13,14). The Kier molecular flexibility index (Phi) is 2.41. The Bertz CT molecular complexity index is 530. The third kappa shape index (κ3) is 1.98. The number of carbonyl (C=O) groups excluding carboxylic acids is 1. The van der Waals surface area contributed by atoms with Gasteiger partial charge in [-0.25, -0.2) is 0 Å². The van der Waals surface area contributed by atoms with Gasteiger partial charge >= 0.3 is 87.4 Å². The summed E-state index contributed by atoms with van der Waals surface area (Å²) in [6, 6.07) is 5.59. The molecule has 1 heterocycles. The number of amides is 1. The predicted molar refractivity (Wildman–Crippen MR) is 61.0 cm³/mol. The van der Waals surface area contributed by atoms with Gasteiger partial charge in [0.25, 0.3) is 0 Å². The predicted octanol–water partition coefficient (Wildman–Crippen LogP) is 2.29. The first-order valence-corrected chi connectivity index (χ1v) is 4.59. The van der Waals surface area contributed by atoms with E-state index in [2.05, 4.69) is 11.9 Å². The molecule has 1 amide bonds. The molecule has 1 N–H and O–H groups in total. The number of fused-ring (bicyclic) bond motifs is 1. The molecule has 0 radical (unpaired) electrons. The van der Waals surface area contributed by atoms with E-state index < -0.39 is 0 Å². The van der Waals surface area contributed by atoms with Crippen molar-refractivity contribution in [1.29, 1.82) is 0 Å². The van der Waals surface area contributed by atoms with Crippen molar-refractivity contribution < 1.29 is 9.13 Å². The first kappa shape index (κ1) is 9.71. The molecule has 0 aliphatic rings. The summed E-state index contributed by atoms with van der Waals surface area (Å²) in [5.41, 5.74) is 1.24. The zero-order valence-electron chi connectivity index (χ0n) is 8.41. The SMILES string of the molecule is C=C(C)C(=O)Nc1ccc2bocc2c1. The number of anilines is 1. The zero-order chi connectivity index (χ0) is 10.8. The van der Waals surface area contributed by atoms with E-state index in [4.69, 9.17) is 4.33 Å². The first-order valence-electron chi connectivity index (χ1n) is 4.59. The molecular weight excluding hydrogens is 189 g/mol. The molecule has 4 heteroatoms. The van der Waals surface area contributed by atoms with E-state index >= 15 is 0 Å². The third-order valence-corrected chi connectivity index (χ3v) is 2.12. The monoisotopic (exact) mass is 199 g/mol. The van der Waals surface area contributed by atoms with Crippen molar-refractivity contribution in [3.63, 3.8) is 0 Å². The second-order valence-corrected chi connectivity index (χ2v) is 3.45. The molecule has 3 nitrogen and oxygen atoms in total. The summed E-state index contributed by atoms with van der Waals surface area (Å²) in [5, 5.41) is 4.73. The molecule has 0 unspecified atom stereocenters. The van der Waals surface area contributed by atoms with Crippen LogP contribution in [0.4, 0.5) is 5.69 Å². The number of carbonyl (C=O) groups is 1. The van der Waals surface area contributed by atoms with Crippen molar-refractivity contribution in [2.45, 2.75) is 6.92 Å². The van der Waals surface area contributed by atoms with E-state index in [1.165, 1.54) is 0 Å². The number of hydrogen-bond acceptors (Lipinski definition) is 2. The van der Waals surface area contributed by atoms with Crippen LogP contribution in [0.3, 0.4) is 0 Å². The van der Waals surface area contributed by atoms with Gasteiger partial charge in [-0.1, -0.05) is 0 Å². The number of benzene rings is 1. The van der Waals surface area contributed by atoms with Crippen LogP contribution in [0.25, 0.3) is 10.7 Å². The van der Waals surface area contributed by atoms with Crippen LogP contribution in [-0.4, -0.2) is 13.0 Å². The first-order chi connectivity index (χ1) is 7.16. The quantitative estimate of drug-likeness (QED) is 0.753. The average Bonchev–Trinajstić information content (AvgIpc) is 2.64. The maximum atomic E-state index is 11.4. The summed E-state index contributed by atoms with van der Waals surface area (Å²) in [4.78, 5) is 11.4. The van der Waals surface area contributed by atoms with Crippen molar-refractivity contribution in [3.8, 4) is 0 Å². The van der Waals surface area contributed by atoms with Crippen molar-refractivity contribution in [3.05, 3.63) is 36.6 Å². The Morgan fingerprint density at radius 3 is 3.07 bits per heavy atom. The van der Waals surface area contributed by atoms with Crippen molar-refractivity contribution in [2.24, 2.45) is 0 Å². The van der Waals surface area contributed by atoms with Gasteiger partial charge in [0, 0.05) is 0 Å². The van der Waals surface area contributed by atoms with Gasteiger partial charge in [0.15, 0.2) is 0 Å². The van der Waals surface area contributed by atoms with E-state index in [1.54, 1.807) is 20.3 Å². The molecule has 0 bridgehead atoms. The molecule has 0 saturated carbocycles. The van der Waals surface area contributed by atoms with E-state index in [-0.39, 0.29) is 5.91 Å². The van der Waals surface area contributed by atoms with Crippen LogP contribution in [0.5, 0.6) is 0 Å². The minimum absolute atomic E-state index is 0.169. The fourth-order valence-corrected chi connectivity index (χ4v) is 1.28. The summed E-state index contributed by atoms with van der Waals surface area (Å²) in [6.45, 7) is 5.25. The van der Waals surface area contributed by atoms with E-state index in [1.807, 2.05) is 18.2 Å². The van der Waals surface area contributed by atoms with Gasteiger partial charge in [0.1, 0.15) is 0 Å². The molecule has 74 valence electrons. The van der Waals surface area contributed by atoms with Crippen molar-refractivity contribution in [2.75, 3.05) is 5.32 Å². The number of rotatable bonds is 2. The van der Waals surface area contributed by atoms with Gasteiger partial charge in [0.2, 0.25) is 0 Å². The summed E-state index contributed by atoms with van der Waals surface area (Å²) in [5.74, 6) is -0.169. The van der Waals surface area contributed by atoms with Crippen LogP contribution in [0.1, 0.15) is 6.92 Å². The van der Waals surface area contributed by atoms with Gasteiger partial charge in [-0.05, 0) is 0 Å². The molecule has 2 rings (SSSR count). The fourth-order valence-electron chi connectivity index (χ4n) is 1.28. The Balaban J connectivity index is 2.28. The van der Waals surface area contributed by atoms with Gasteiger partial charge in [-0.2, -0.15) is 0 Å². The minimum atomic E-state index is -0.169. The van der Waals surface area contributed by atoms with Crippen molar-refractivity contribution >= 4 is 29.4 Å². The molecule has 1 aromatic heterocycles. The van der Waals surface area contributed by atoms with Crippen molar-refractivity contribution in [1.82, 2.24) is 0 Å². The summed E-state index contributed by atoms with van der Waals surface area (Å²) < 4.78 is 5.04. The van der Waals surface area contributed by atoms with Crippen LogP contribution >= 0.6 is 0 Å². The maximum absolute atomic E-state index is 11.4.